The third kappa shape index (κ3) is 6.32. The Labute approximate surface area is 128 Å². The summed E-state index contributed by atoms with van der Waals surface area (Å²) in [6.45, 7) is 2.85. The molecule has 2 rings (SSSR count). The molecule has 0 spiro atoms. The molecule has 0 radical (unpaired) electrons. The second-order valence-electron chi connectivity index (χ2n) is 6.33. The Morgan fingerprint density at radius 2 is 1.76 bits per heavy atom. The third-order valence-electron chi connectivity index (χ3n) is 4.57. The van der Waals surface area contributed by atoms with Crippen LogP contribution in [0.25, 0.3) is 0 Å². The van der Waals surface area contributed by atoms with E-state index in [1.165, 1.54) is 25.7 Å². The molecular weight excluding hydrogens is 268 g/mol. The molecule has 2 aliphatic rings. The van der Waals surface area contributed by atoms with Gasteiger partial charge in [0.05, 0.1) is 25.9 Å². The van der Waals surface area contributed by atoms with Crippen LogP contribution in [0.5, 0.6) is 0 Å². The largest absolute Gasteiger partial charge is 0.394 e. The van der Waals surface area contributed by atoms with Gasteiger partial charge in [0.1, 0.15) is 0 Å². The van der Waals surface area contributed by atoms with E-state index in [2.05, 4.69) is 10.2 Å². The molecule has 0 atom stereocenters. The number of hydrogen-bond acceptors (Lipinski definition) is 4. The van der Waals surface area contributed by atoms with Crippen molar-refractivity contribution in [1.29, 1.82) is 0 Å². The SMILES string of the molecule is O=C(CN1CCC(OCCO)CC1)NC1CCCCCC1. The van der Waals surface area contributed by atoms with Crippen molar-refractivity contribution in [2.45, 2.75) is 63.5 Å². The molecule has 1 aliphatic heterocycles. The third-order valence-corrected chi connectivity index (χ3v) is 4.57. The lowest BCUT2D eigenvalue weighted by molar-refractivity contribution is -0.123. The van der Waals surface area contributed by atoms with Crippen LogP contribution in [0.15, 0.2) is 0 Å². The van der Waals surface area contributed by atoms with Crippen molar-refractivity contribution in [2.24, 2.45) is 0 Å². The zero-order valence-corrected chi connectivity index (χ0v) is 13.1. The normalized spacial score (nSPS) is 22.9. The van der Waals surface area contributed by atoms with E-state index < -0.39 is 0 Å². The predicted molar refractivity (Wildman–Crippen MR) is 82.1 cm³/mol. The van der Waals surface area contributed by atoms with Crippen LogP contribution >= 0.6 is 0 Å². The van der Waals surface area contributed by atoms with Crippen LogP contribution < -0.4 is 5.32 Å². The minimum Gasteiger partial charge on any atom is -0.394 e. The number of carbonyl (C=O) groups excluding carboxylic acids is 1. The number of aliphatic hydroxyl groups is 1. The van der Waals surface area contributed by atoms with E-state index in [1.807, 2.05) is 0 Å². The summed E-state index contributed by atoms with van der Waals surface area (Å²) in [5.41, 5.74) is 0. The first kappa shape index (κ1) is 16.7. The van der Waals surface area contributed by atoms with Crippen LogP contribution in [0.4, 0.5) is 0 Å². The van der Waals surface area contributed by atoms with E-state index >= 15 is 0 Å². The lowest BCUT2D eigenvalue weighted by atomic mass is 10.1. The van der Waals surface area contributed by atoms with Crippen molar-refractivity contribution in [3.05, 3.63) is 0 Å². The molecule has 1 saturated carbocycles. The molecule has 1 amide bonds. The maximum absolute atomic E-state index is 12.1. The number of rotatable bonds is 6. The highest BCUT2D eigenvalue weighted by Gasteiger charge is 2.22. The van der Waals surface area contributed by atoms with Crippen LogP contribution in [0.2, 0.25) is 0 Å². The summed E-state index contributed by atoms with van der Waals surface area (Å²) in [7, 11) is 0. The molecule has 0 aromatic rings. The van der Waals surface area contributed by atoms with Gasteiger partial charge in [0.25, 0.3) is 0 Å². The molecule has 0 aromatic heterocycles. The summed E-state index contributed by atoms with van der Waals surface area (Å²) in [4.78, 5) is 14.3. The Hall–Kier alpha value is -0.650. The topological polar surface area (TPSA) is 61.8 Å². The van der Waals surface area contributed by atoms with Gasteiger partial charge >= 0.3 is 0 Å². The first-order chi connectivity index (χ1) is 10.3. The van der Waals surface area contributed by atoms with E-state index in [1.54, 1.807) is 0 Å². The van der Waals surface area contributed by atoms with E-state index in [-0.39, 0.29) is 18.6 Å². The van der Waals surface area contributed by atoms with Crippen LogP contribution in [0, 0.1) is 0 Å². The minimum atomic E-state index is 0.0873. The molecule has 21 heavy (non-hydrogen) atoms. The van der Waals surface area contributed by atoms with Crippen molar-refractivity contribution < 1.29 is 14.6 Å². The van der Waals surface area contributed by atoms with E-state index in [4.69, 9.17) is 9.84 Å². The van der Waals surface area contributed by atoms with Crippen molar-refractivity contribution in [2.75, 3.05) is 32.8 Å². The highest BCUT2D eigenvalue weighted by Crippen LogP contribution is 2.17. The molecule has 0 bridgehead atoms. The monoisotopic (exact) mass is 298 g/mol. The quantitative estimate of drug-likeness (QED) is 0.726. The summed E-state index contributed by atoms with van der Waals surface area (Å²) in [5, 5.41) is 12.0. The lowest BCUT2D eigenvalue weighted by Crippen LogP contribution is -2.45. The van der Waals surface area contributed by atoms with Crippen LogP contribution in [-0.4, -0.2) is 60.9 Å². The van der Waals surface area contributed by atoms with Gasteiger partial charge in [-0.25, -0.2) is 0 Å². The highest BCUT2D eigenvalue weighted by molar-refractivity contribution is 5.78. The number of amides is 1. The Balaban J connectivity index is 1.62. The number of nitrogens with zero attached hydrogens (tertiary/aromatic N) is 1. The molecule has 1 heterocycles. The summed E-state index contributed by atoms with van der Waals surface area (Å²) in [6, 6.07) is 0.394. The Morgan fingerprint density at radius 3 is 2.38 bits per heavy atom. The molecule has 0 aromatic carbocycles. The summed E-state index contributed by atoms with van der Waals surface area (Å²) in [5.74, 6) is 0.177. The van der Waals surface area contributed by atoms with Gasteiger partial charge in [-0.1, -0.05) is 25.7 Å². The number of nitrogens with one attached hydrogen (secondary N) is 1. The van der Waals surface area contributed by atoms with Crippen LogP contribution in [0.3, 0.4) is 0 Å². The number of aliphatic hydroxyl groups excluding tert-OH is 1. The molecule has 0 unspecified atom stereocenters. The average molecular weight is 298 g/mol. The lowest BCUT2D eigenvalue weighted by Gasteiger charge is -2.31. The van der Waals surface area contributed by atoms with Crippen LogP contribution in [-0.2, 0) is 9.53 Å². The smallest absolute Gasteiger partial charge is 0.234 e. The Morgan fingerprint density at radius 1 is 1.10 bits per heavy atom. The first-order valence-corrected chi connectivity index (χ1v) is 8.52. The molecule has 122 valence electrons. The second kappa shape index (κ2) is 9.38. The number of piperidine rings is 1. The van der Waals surface area contributed by atoms with Gasteiger partial charge in [-0.3, -0.25) is 9.69 Å². The van der Waals surface area contributed by atoms with Gasteiger partial charge in [-0.05, 0) is 25.7 Å². The number of ether oxygens (including phenoxy) is 1. The first-order valence-electron chi connectivity index (χ1n) is 8.52. The fourth-order valence-electron chi connectivity index (χ4n) is 3.35. The van der Waals surface area contributed by atoms with Gasteiger partial charge in [0.2, 0.25) is 5.91 Å². The van der Waals surface area contributed by atoms with Gasteiger partial charge < -0.3 is 15.2 Å². The fraction of sp³-hybridized carbons (Fsp3) is 0.938. The number of likely N-dealkylation sites (tertiary alicyclic amines) is 1. The second-order valence-corrected chi connectivity index (χ2v) is 6.33. The molecule has 5 nitrogen and oxygen atoms in total. The highest BCUT2D eigenvalue weighted by atomic mass is 16.5. The van der Waals surface area contributed by atoms with E-state index in [0.29, 0.717) is 19.2 Å². The van der Waals surface area contributed by atoms with Gasteiger partial charge in [0, 0.05) is 19.1 Å². The average Bonchev–Trinajstić information content (AvgIpc) is 2.75. The van der Waals surface area contributed by atoms with Gasteiger partial charge in [0.15, 0.2) is 0 Å². The number of carbonyl (C=O) groups is 1. The minimum absolute atomic E-state index is 0.0873. The molecule has 1 saturated heterocycles. The summed E-state index contributed by atoms with van der Waals surface area (Å²) < 4.78 is 5.54. The van der Waals surface area contributed by atoms with E-state index in [9.17, 15) is 4.79 Å². The summed E-state index contributed by atoms with van der Waals surface area (Å²) in [6.07, 6.45) is 9.57. The van der Waals surface area contributed by atoms with Crippen molar-refractivity contribution >= 4 is 5.91 Å². The van der Waals surface area contributed by atoms with Crippen LogP contribution in [0.1, 0.15) is 51.4 Å². The predicted octanol–water partition coefficient (Wildman–Crippen LogP) is 1.30. The number of hydrogen-bond donors (Lipinski definition) is 2. The molecule has 2 fully saturated rings. The zero-order chi connectivity index (χ0) is 14.9. The zero-order valence-electron chi connectivity index (χ0n) is 13.1. The summed E-state index contributed by atoms with van der Waals surface area (Å²) >= 11 is 0. The van der Waals surface area contributed by atoms with Crippen molar-refractivity contribution in [3.8, 4) is 0 Å². The fourth-order valence-corrected chi connectivity index (χ4v) is 3.35. The Bertz CT molecular complexity index is 296. The maximum Gasteiger partial charge on any atom is 0.234 e. The molecule has 1 aliphatic carbocycles. The Kier molecular flexibility index (Phi) is 7.47. The van der Waals surface area contributed by atoms with Gasteiger partial charge in [-0.15, -0.1) is 0 Å². The molecular formula is C16H30N2O3. The van der Waals surface area contributed by atoms with E-state index in [0.717, 1.165) is 38.8 Å². The molecule has 2 N–H and O–H groups in total. The standard InChI is InChI=1S/C16H30N2O3/c19-11-12-21-15-7-9-18(10-8-15)13-16(20)17-14-5-3-1-2-4-6-14/h14-15,19H,1-13H2,(H,17,20). The van der Waals surface area contributed by atoms with Gasteiger partial charge in [-0.2, -0.15) is 0 Å². The van der Waals surface area contributed by atoms with Crippen molar-refractivity contribution in [3.63, 3.8) is 0 Å². The molecule has 5 heteroatoms. The van der Waals surface area contributed by atoms with Crippen molar-refractivity contribution in [1.82, 2.24) is 10.2 Å². The maximum atomic E-state index is 12.1.